The lowest BCUT2D eigenvalue weighted by Crippen LogP contribution is -2.49. The molecule has 10 heteroatoms. The van der Waals surface area contributed by atoms with Gasteiger partial charge in [0.25, 0.3) is 0 Å². The molecule has 1 aromatic rings. The van der Waals surface area contributed by atoms with E-state index in [0.29, 0.717) is 29.3 Å². The third-order valence-electron chi connectivity index (χ3n) is 3.37. The second-order valence-corrected chi connectivity index (χ2v) is 7.39. The van der Waals surface area contributed by atoms with Gasteiger partial charge >= 0.3 is 18.0 Å². The second kappa shape index (κ2) is 9.58. The molecule has 0 radical (unpaired) electrons. The minimum Gasteiger partial charge on any atom is -0.466 e. The first-order valence-electron chi connectivity index (χ1n) is 8.15. The Balaban J connectivity index is 2.06. The number of nitrogens with zero attached hydrogens (tertiary/aromatic N) is 1. The Morgan fingerprint density at radius 2 is 2.04 bits per heavy atom. The van der Waals surface area contributed by atoms with Gasteiger partial charge in [-0.15, -0.1) is 11.3 Å². The van der Waals surface area contributed by atoms with Gasteiger partial charge in [-0.25, -0.2) is 14.6 Å². The van der Waals surface area contributed by atoms with Crippen molar-refractivity contribution in [1.29, 1.82) is 0 Å². The van der Waals surface area contributed by atoms with Crippen molar-refractivity contribution in [3.8, 4) is 0 Å². The van der Waals surface area contributed by atoms with E-state index < -0.39 is 12.0 Å². The molecule has 1 aromatic heterocycles. The second-order valence-electron chi connectivity index (χ2n) is 5.31. The van der Waals surface area contributed by atoms with Crippen LogP contribution in [0.1, 0.15) is 26.5 Å². The quantitative estimate of drug-likeness (QED) is 0.507. The minimum absolute atomic E-state index is 0.124. The van der Waals surface area contributed by atoms with Crippen LogP contribution in [0.25, 0.3) is 0 Å². The SMILES string of the molecule is CCOC(=O)Cc1csc(SCC2=C(C(=O)OCC)[C@H](C)NC(=O)N2)n1. The van der Waals surface area contributed by atoms with Crippen molar-refractivity contribution in [3.63, 3.8) is 0 Å². The predicted molar refractivity (Wildman–Crippen MR) is 98.0 cm³/mol. The summed E-state index contributed by atoms with van der Waals surface area (Å²) in [6.45, 7) is 5.81. The summed E-state index contributed by atoms with van der Waals surface area (Å²) in [5, 5.41) is 7.12. The highest BCUT2D eigenvalue weighted by Gasteiger charge is 2.29. The fraction of sp³-hybridized carbons (Fsp3) is 0.500. The number of carbonyl (C=O) groups is 3. The Morgan fingerprint density at radius 3 is 2.73 bits per heavy atom. The molecule has 1 aliphatic heterocycles. The maximum absolute atomic E-state index is 12.2. The Bertz CT molecular complexity index is 716. The first-order chi connectivity index (χ1) is 12.4. The molecule has 0 unspecified atom stereocenters. The van der Waals surface area contributed by atoms with Gasteiger partial charge in [0, 0.05) is 16.8 Å². The maximum atomic E-state index is 12.2. The van der Waals surface area contributed by atoms with Crippen LogP contribution < -0.4 is 10.6 Å². The van der Waals surface area contributed by atoms with Gasteiger partial charge in [0.05, 0.1) is 36.9 Å². The lowest BCUT2D eigenvalue weighted by Gasteiger charge is -2.26. The van der Waals surface area contributed by atoms with Crippen LogP contribution in [0.15, 0.2) is 21.0 Å². The summed E-state index contributed by atoms with van der Waals surface area (Å²) in [6, 6.07) is -0.794. The van der Waals surface area contributed by atoms with Crippen LogP contribution in [0.5, 0.6) is 0 Å². The summed E-state index contributed by atoms with van der Waals surface area (Å²) in [6.07, 6.45) is 0.124. The largest absolute Gasteiger partial charge is 0.466 e. The molecule has 1 atom stereocenters. The van der Waals surface area contributed by atoms with Crippen LogP contribution in [0.2, 0.25) is 0 Å². The maximum Gasteiger partial charge on any atom is 0.337 e. The summed E-state index contributed by atoms with van der Waals surface area (Å²) < 4.78 is 10.7. The molecule has 0 spiro atoms. The van der Waals surface area contributed by atoms with Crippen LogP contribution in [0.4, 0.5) is 4.79 Å². The number of esters is 2. The normalized spacial score (nSPS) is 16.7. The van der Waals surface area contributed by atoms with E-state index in [-0.39, 0.29) is 25.0 Å². The molecule has 0 aromatic carbocycles. The number of carbonyl (C=O) groups excluding carboxylic acids is 3. The van der Waals surface area contributed by atoms with Crippen LogP contribution >= 0.6 is 23.1 Å². The average molecular weight is 399 g/mol. The zero-order valence-electron chi connectivity index (χ0n) is 14.8. The van der Waals surface area contributed by atoms with Crippen molar-refractivity contribution in [2.75, 3.05) is 19.0 Å². The molecule has 2 N–H and O–H groups in total. The third-order valence-corrected chi connectivity index (χ3v) is 5.46. The molecule has 2 rings (SSSR count). The topological polar surface area (TPSA) is 107 Å². The lowest BCUT2D eigenvalue weighted by atomic mass is 10.1. The van der Waals surface area contributed by atoms with E-state index in [1.807, 2.05) is 0 Å². The molecule has 0 fully saturated rings. The number of hydrogen-bond donors (Lipinski definition) is 2. The Labute approximate surface area is 159 Å². The summed E-state index contributed by atoms with van der Waals surface area (Å²) in [5.41, 5.74) is 1.55. The molecule has 0 saturated heterocycles. The first-order valence-corrected chi connectivity index (χ1v) is 10.0. The van der Waals surface area contributed by atoms with Crippen LogP contribution in [0.3, 0.4) is 0 Å². The van der Waals surface area contributed by atoms with E-state index in [9.17, 15) is 14.4 Å². The number of thiazole rings is 1. The number of aromatic nitrogens is 1. The molecule has 8 nitrogen and oxygen atoms in total. The predicted octanol–water partition coefficient (Wildman–Crippen LogP) is 1.86. The van der Waals surface area contributed by atoms with E-state index in [4.69, 9.17) is 9.47 Å². The fourth-order valence-electron chi connectivity index (χ4n) is 2.32. The molecule has 0 aliphatic carbocycles. The monoisotopic (exact) mass is 399 g/mol. The number of amides is 2. The van der Waals surface area contributed by atoms with Gasteiger partial charge in [0.1, 0.15) is 0 Å². The smallest absolute Gasteiger partial charge is 0.337 e. The van der Waals surface area contributed by atoms with Crippen molar-refractivity contribution in [2.24, 2.45) is 0 Å². The standard InChI is InChI=1S/C16H21N3O5S2/c1-4-23-12(20)6-10-7-25-16(18-10)26-8-11-13(14(21)24-5-2)9(3)17-15(22)19-11/h7,9H,4-6,8H2,1-3H3,(H2,17,19,22)/t9-/m0/s1. The highest BCUT2D eigenvalue weighted by atomic mass is 32.2. The Kier molecular flexibility index (Phi) is 7.46. The average Bonchev–Trinajstić information content (AvgIpc) is 3.00. The van der Waals surface area contributed by atoms with Crippen LogP contribution in [-0.4, -0.2) is 48.0 Å². The number of rotatable bonds is 8. The van der Waals surface area contributed by atoms with Gasteiger partial charge in [0.15, 0.2) is 4.34 Å². The zero-order valence-corrected chi connectivity index (χ0v) is 16.4. The first kappa shape index (κ1) is 20.2. The highest BCUT2D eigenvalue weighted by molar-refractivity contribution is 8.01. The number of urea groups is 1. The summed E-state index contributed by atoms with van der Waals surface area (Å²) in [5.74, 6) is -0.413. The van der Waals surface area contributed by atoms with Crippen molar-refractivity contribution < 1.29 is 23.9 Å². The number of nitrogens with one attached hydrogen (secondary N) is 2. The van der Waals surface area contributed by atoms with E-state index in [2.05, 4.69) is 15.6 Å². The van der Waals surface area contributed by atoms with Gasteiger partial charge in [0.2, 0.25) is 0 Å². The zero-order chi connectivity index (χ0) is 19.1. The molecule has 2 heterocycles. The fourth-order valence-corrected chi connectivity index (χ4v) is 4.14. The van der Waals surface area contributed by atoms with Gasteiger partial charge in [-0.2, -0.15) is 0 Å². The summed E-state index contributed by atoms with van der Waals surface area (Å²) in [4.78, 5) is 39.8. The molecule has 0 saturated carbocycles. The van der Waals surface area contributed by atoms with Gasteiger partial charge in [-0.05, 0) is 20.8 Å². The minimum atomic E-state index is -0.453. The Hall–Kier alpha value is -2.07. The van der Waals surface area contributed by atoms with Crippen molar-refractivity contribution >= 4 is 41.1 Å². The van der Waals surface area contributed by atoms with Crippen LogP contribution in [-0.2, 0) is 25.5 Å². The molecular formula is C16H21N3O5S2. The molecule has 0 bridgehead atoms. The van der Waals surface area contributed by atoms with Gasteiger partial charge in [-0.1, -0.05) is 11.8 Å². The molecule has 2 amide bonds. The molecule has 1 aliphatic rings. The Morgan fingerprint density at radius 1 is 1.31 bits per heavy atom. The van der Waals surface area contributed by atoms with E-state index in [1.54, 1.807) is 26.2 Å². The van der Waals surface area contributed by atoms with Crippen molar-refractivity contribution in [1.82, 2.24) is 15.6 Å². The van der Waals surface area contributed by atoms with E-state index in [0.717, 1.165) is 4.34 Å². The van der Waals surface area contributed by atoms with Crippen molar-refractivity contribution in [2.45, 2.75) is 37.6 Å². The summed E-state index contributed by atoms with van der Waals surface area (Å²) >= 11 is 2.78. The number of thioether (sulfide) groups is 1. The molecular weight excluding hydrogens is 378 g/mol. The molecule has 26 heavy (non-hydrogen) atoms. The number of ether oxygens (including phenoxy) is 2. The lowest BCUT2D eigenvalue weighted by molar-refractivity contribution is -0.142. The summed E-state index contributed by atoms with van der Waals surface area (Å²) in [7, 11) is 0. The molecule has 142 valence electrons. The number of hydrogen-bond acceptors (Lipinski definition) is 8. The van der Waals surface area contributed by atoms with Gasteiger partial charge < -0.3 is 20.1 Å². The van der Waals surface area contributed by atoms with Crippen molar-refractivity contribution in [3.05, 3.63) is 22.3 Å². The van der Waals surface area contributed by atoms with Crippen LogP contribution in [0, 0.1) is 0 Å². The van der Waals surface area contributed by atoms with Gasteiger partial charge in [-0.3, -0.25) is 4.79 Å². The van der Waals surface area contributed by atoms with E-state index >= 15 is 0 Å². The van der Waals surface area contributed by atoms with E-state index in [1.165, 1.54) is 23.1 Å². The third kappa shape index (κ3) is 5.46. The highest BCUT2D eigenvalue weighted by Crippen LogP contribution is 2.27.